The molecule has 9 heteroatoms. The van der Waals surface area contributed by atoms with Crippen LogP contribution in [0.4, 0.5) is 5.69 Å². The number of sulfonamides is 1. The smallest absolute Gasteiger partial charge is 0.264 e. The third-order valence-corrected chi connectivity index (χ3v) is 8.14. The molecule has 3 aromatic rings. The van der Waals surface area contributed by atoms with Crippen LogP contribution in [0.15, 0.2) is 83.8 Å². The minimum Gasteiger partial charge on any atom is -0.354 e. The quantitative estimate of drug-likeness (QED) is 0.359. The predicted octanol–water partition coefficient (Wildman–Crippen LogP) is 5.03. The van der Waals surface area contributed by atoms with Crippen LogP contribution in [-0.2, 0) is 26.2 Å². The van der Waals surface area contributed by atoms with Gasteiger partial charge in [-0.05, 0) is 61.2 Å². The zero-order chi connectivity index (χ0) is 27.9. The molecule has 0 fully saturated rings. The van der Waals surface area contributed by atoms with Gasteiger partial charge in [0.15, 0.2) is 0 Å². The van der Waals surface area contributed by atoms with Gasteiger partial charge in [-0.3, -0.25) is 13.9 Å². The summed E-state index contributed by atoms with van der Waals surface area (Å²) in [6.45, 7) is 7.55. The summed E-state index contributed by atoms with van der Waals surface area (Å²) in [6.07, 6.45) is 0. The van der Waals surface area contributed by atoms with Crippen molar-refractivity contribution in [1.29, 1.82) is 0 Å². The average Bonchev–Trinajstić information content (AvgIpc) is 2.89. The number of carbonyl (C=O) groups excluding carboxylic acids is 2. The van der Waals surface area contributed by atoms with Gasteiger partial charge in [0.2, 0.25) is 11.8 Å². The molecule has 1 unspecified atom stereocenters. The van der Waals surface area contributed by atoms with E-state index >= 15 is 0 Å². The third-order valence-electron chi connectivity index (χ3n) is 6.11. The molecular weight excluding hydrogens is 522 g/mol. The summed E-state index contributed by atoms with van der Waals surface area (Å²) in [5.74, 6) is -0.557. The number of anilines is 1. The van der Waals surface area contributed by atoms with Gasteiger partial charge in [-0.2, -0.15) is 0 Å². The highest BCUT2D eigenvalue weighted by Crippen LogP contribution is 2.28. The lowest BCUT2D eigenvalue weighted by molar-refractivity contribution is -0.139. The molecule has 0 aromatic heterocycles. The van der Waals surface area contributed by atoms with Gasteiger partial charge in [0.05, 0.1) is 10.6 Å². The Morgan fingerprint density at radius 1 is 0.895 bits per heavy atom. The van der Waals surface area contributed by atoms with E-state index in [9.17, 15) is 18.0 Å². The van der Waals surface area contributed by atoms with E-state index in [2.05, 4.69) is 5.32 Å². The molecule has 1 atom stereocenters. The summed E-state index contributed by atoms with van der Waals surface area (Å²) in [6, 6.07) is 21.3. The summed E-state index contributed by atoms with van der Waals surface area (Å²) in [5, 5.41) is 3.28. The van der Waals surface area contributed by atoms with Crippen molar-refractivity contribution in [1.82, 2.24) is 10.2 Å². The molecular formula is C29H34ClN3O4S. The van der Waals surface area contributed by atoms with Gasteiger partial charge < -0.3 is 10.2 Å². The van der Waals surface area contributed by atoms with Crippen LogP contribution in [0.3, 0.4) is 0 Å². The number of hydrogen-bond donors (Lipinski definition) is 1. The van der Waals surface area contributed by atoms with Crippen molar-refractivity contribution in [2.24, 2.45) is 5.92 Å². The van der Waals surface area contributed by atoms with Crippen LogP contribution in [0.5, 0.6) is 0 Å². The van der Waals surface area contributed by atoms with Crippen LogP contribution in [0.25, 0.3) is 0 Å². The lowest BCUT2D eigenvalue weighted by Gasteiger charge is -2.32. The van der Waals surface area contributed by atoms with E-state index in [1.54, 1.807) is 38.1 Å². The van der Waals surface area contributed by atoms with E-state index in [-0.39, 0.29) is 23.3 Å². The zero-order valence-corrected chi connectivity index (χ0v) is 23.7. The van der Waals surface area contributed by atoms with Crippen molar-refractivity contribution < 1.29 is 18.0 Å². The Labute approximate surface area is 230 Å². The number of hydrogen-bond acceptors (Lipinski definition) is 4. The van der Waals surface area contributed by atoms with Crippen LogP contribution in [0.1, 0.15) is 31.9 Å². The van der Waals surface area contributed by atoms with Crippen LogP contribution < -0.4 is 9.62 Å². The second-order valence-corrected chi connectivity index (χ2v) is 11.9. The summed E-state index contributed by atoms with van der Waals surface area (Å²) in [5.41, 5.74) is 1.90. The molecule has 38 heavy (non-hydrogen) atoms. The second-order valence-electron chi connectivity index (χ2n) is 9.57. The van der Waals surface area contributed by atoms with E-state index in [0.29, 0.717) is 22.8 Å². The van der Waals surface area contributed by atoms with Crippen molar-refractivity contribution in [3.8, 4) is 0 Å². The van der Waals surface area contributed by atoms with Crippen molar-refractivity contribution in [2.75, 3.05) is 17.4 Å². The van der Waals surface area contributed by atoms with Gasteiger partial charge in [0.25, 0.3) is 10.0 Å². The molecule has 0 bridgehead atoms. The first-order valence-corrected chi connectivity index (χ1v) is 14.3. The number of nitrogens with one attached hydrogen (secondary N) is 1. The van der Waals surface area contributed by atoms with E-state index in [0.717, 1.165) is 9.87 Å². The fourth-order valence-electron chi connectivity index (χ4n) is 3.91. The maximum absolute atomic E-state index is 13.9. The van der Waals surface area contributed by atoms with E-state index < -0.39 is 28.5 Å². The normalized spacial score (nSPS) is 12.2. The van der Waals surface area contributed by atoms with Crippen LogP contribution in [0.2, 0.25) is 5.02 Å². The molecule has 202 valence electrons. The molecule has 0 heterocycles. The van der Waals surface area contributed by atoms with Crippen LogP contribution in [0, 0.1) is 12.8 Å². The fraction of sp³-hybridized carbons (Fsp3) is 0.310. The molecule has 7 nitrogen and oxygen atoms in total. The Hall–Kier alpha value is -3.36. The molecule has 0 saturated carbocycles. The Morgan fingerprint density at radius 3 is 2.11 bits per heavy atom. The minimum absolute atomic E-state index is 0.00953. The summed E-state index contributed by atoms with van der Waals surface area (Å²) in [4.78, 5) is 28.3. The highest BCUT2D eigenvalue weighted by atomic mass is 35.5. The molecule has 0 aliphatic heterocycles. The maximum Gasteiger partial charge on any atom is 0.264 e. The predicted molar refractivity (Wildman–Crippen MR) is 151 cm³/mol. The van der Waals surface area contributed by atoms with Gasteiger partial charge in [-0.1, -0.05) is 74.0 Å². The molecule has 0 aliphatic carbocycles. The van der Waals surface area contributed by atoms with Gasteiger partial charge in [-0.15, -0.1) is 0 Å². The highest BCUT2D eigenvalue weighted by Gasteiger charge is 2.33. The minimum atomic E-state index is -4.14. The standard InChI is InChI=1S/C29H34ClN3O4S/c1-21(2)18-31-29(35)23(4)32(19-24-11-6-5-7-12-24)28(34)20-33(27-13-9-8-10-22(27)3)38(36,37)26-16-14-25(30)15-17-26/h5-17,21,23H,18-20H2,1-4H3,(H,31,35). The Kier molecular flexibility index (Phi) is 9.94. The average molecular weight is 556 g/mol. The van der Waals surface area contributed by atoms with E-state index in [4.69, 9.17) is 11.6 Å². The SMILES string of the molecule is Cc1ccccc1N(CC(=O)N(Cc1ccccc1)C(C)C(=O)NCC(C)C)S(=O)(=O)c1ccc(Cl)cc1. The van der Waals surface area contributed by atoms with Crippen molar-refractivity contribution in [2.45, 2.75) is 45.2 Å². The molecule has 0 radical (unpaired) electrons. The Morgan fingerprint density at radius 2 is 1.50 bits per heavy atom. The third kappa shape index (κ3) is 7.36. The van der Waals surface area contributed by atoms with Gasteiger partial charge >= 0.3 is 0 Å². The zero-order valence-electron chi connectivity index (χ0n) is 22.1. The summed E-state index contributed by atoms with van der Waals surface area (Å²) >= 11 is 5.99. The number of aryl methyl sites for hydroxylation is 1. The summed E-state index contributed by atoms with van der Waals surface area (Å²) < 4.78 is 28.8. The second kappa shape index (κ2) is 12.9. The monoisotopic (exact) mass is 555 g/mol. The first-order chi connectivity index (χ1) is 18.0. The Bertz CT molecular complexity index is 1350. The van der Waals surface area contributed by atoms with E-state index in [1.807, 2.05) is 44.2 Å². The van der Waals surface area contributed by atoms with Gasteiger partial charge in [-0.25, -0.2) is 8.42 Å². The number of para-hydroxylation sites is 1. The molecule has 0 spiro atoms. The molecule has 3 rings (SSSR count). The topological polar surface area (TPSA) is 86.8 Å². The summed E-state index contributed by atoms with van der Waals surface area (Å²) in [7, 11) is -4.14. The Balaban J connectivity index is 2.01. The number of carbonyl (C=O) groups is 2. The largest absolute Gasteiger partial charge is 0.354 e. The number of nitrogens with zero attached hydrogens (tertiary/aromatic N) is 2. The number of halogens is 1. The number of rotatable bonds is 11. The lowest BCUT2D eigenvalue weighted by Crippen LogP contribution is -2.51. The molecule has 0 saturated heterocycles. The van der Waals surface area contributed by atoms with Crippen LogP contribution >= 0.6 is 11.6 Å². The maximum atomic E-state index is 13.9. The first-order valence-electron chi connectivity index (χ1n) is 12.5. The van der Waals surface area contributed by atoms with Crippen molar-refractivity contribution in [3.63, 3.8) is 0 Å². The fourth-order valence-corrected chi connectivity index (χ4v) is 5.51. The lowest BCUT2D eigenvalue weighted by atomic mass is 10.1. The van der Waals surface area contributed by atoms with Crippen molar-refractivity contribution in [3.05, 3.63) is 95.0 Å². The molecule has 0 aliphatic rings. The van der Waals surface area contributed by atoms with Crippen molar-refractivity contribution >= 4 is 39.1 Å². The van der Waals surface area contributed by atoms with Gasteiger partial charge in [0, 0.05) is 18.1 Å². The molecule has 2 amide bonds. The number of benzene rings is 3. The number of amides is 2. The highest BCUT2D eigenvalue weighted by molar-refractivity contribution is 7.92. The first kappa shape index (κ1) is 29.2. The molecule has 1 N–H and O–H groups in total. The van der Waals surface area contributed by atoms with E-state index in [1.165, 1.54) is 29.2 Å². The molecule has 3 aromatic carbocycles. The van der Waals surface area contributed by atoms with Crippen LogP contribution in [-0.4, -0.2) is 44.3 Å². The van der Waals surface area contributed by atoms with Gasteiger partial charge in [0.1, 0.15) is 12.6 Å².